The van der Waals surface area contributed by atoms with Crippen molar-refractivity contribution in [2.75, 3.05) is 5.32 Å². The molecule has 2 rings (SSSR count). The third-order valence-corrected chi connectivity index (χ3v) is 4.45. The zero-order chi connectivity index (χ0) is 9.64. The van der Waals surface area contributed by atoms with Crippen LogP contribution in [0.15, 0.2) is 14.7 Å². The van der Waals surface area contributed by atoms with Crippen LogP contribution in [-0.4, -0.2) is 14.4 Å². The fourth-order valence-corrected chi connectivity index (χ4v) is 3.59. The van der Waals surface area contributed by atoms with Gasteiger partial charge in [0.15, 0.2) is 4.21 Å². The minimum absolute atomic E-state index is 0.103. The zero-order valence-corrected chi connectivity index (χ0v) is 8.50. The molecule has 8 heteroatoms. The topological polar surface area (TPSA) is 84.5 Å². The molecule has 1 aromatic rings. The summed E-state index contributed by atoms with van der Waals surface area (Å²) in [5, 5.41) is 2.61. The van der Waals surface area contributed by atoms with E-state index in [4.69, 9.17) is 17.3 Å². The molecule has 13 heavy (non-hydrogen) atoms. The summed E-state index contributed by atoms with van der Waals surface area (Å²) in [6.07, 6.45) is 0. The Morgan fingerprint density at radius 3 is 3.00 bits per heavy atom. The maximum absolute atomic E-state index is 11.3. The lowest BCUT2D eigenvalue weighted by atomic mass is 10.5. The van der Waals surface area contributed by atoms with Crippen molar-refractivity contribution in [3.05, 3.63) is 10.4 Å². The number of hydrogen-bond acceptors (Lipinski definition) is 5. The molecule has 0 fully saturated rings. The molecule has 0 amide bonds. The van der Waals surface area contributed by atoms with E-state index in [0.29, 0.717) is 10.0 Å². The van der Waals surface area contributed by atoms with E-state index in [2.05, 4.69) is 9.71 Å². The van der Waals surface area contributed by atoms with Gasteiger partial charge in [0, 0.05) is 0 Å². The van der Waals surface area contributed by atoms with Gasteiger partial charge in [0.1, 0.15) is 0 Å². The molecule has 0 radical (unpaired) electrons. The van der Waals surface area contributed by atoms with Gasteiger partial charge in [-0.25, -0.2) is 0 Å². The maximum atomic E-state index is 11.3. The monoisotopic (exact) mass is 237 g/mol. The number of halogens is 1. The van der Waals surface area contributed by atoms with Crippen LogP contribution in [0.1, 0.15) is 0 Å². The van der Waals surface area contributed by atoms with Crippen LogP contribution in [0.4, 0.5) is 5.69 Å². The highest BCUT2D eigenvalue weighted by Gasteiger charge is 2.26. The molecule has 3 N–H and O–H groups in total. The number of nitrogens with zero attached hydrogens (tertiary/aromatic N) is 1. The van der Waals surface area contributed by atoms with Crippen LogP contribution in [0.2, 0.25) is 4.34 Å². The van der Waals surface area contributed by atoms with Crippen molar-refractivity contribution in [1.82, 2.24) is 0 Å². The summed E-state index contributed by atoms with van der Waals surface area (Å²) in [5.74, 6) is -0.137. The van der Waals surface area contributed by atoms with Crippen molar-refractivity contribution in [1.29, 1.82) is 0 Å². The average Bonchev–Trinajstić information content (AvgIpc) is 2.28. The fraction of sp³-hybridized carbons (Fsp3) is 0. The molecule has 0 unspecified atom stereocenters. The number of rotatable bonds is 0. The van der Waals surface area contributed by atoms with Gasteiger partial charge < -0.3 is 11.1 Å². The Bertz CT molecular complexity index is 490. The second-order valence-electron chi connectivity index (χ2n) is 2.33. The summed E-state index contributed by atoms with van der Waals surface area (Å²) in [6, 6.07) is 1.50. The van der Waals surface area contributed by atoms with Crippen LogP contribution in [0.25, 0.3) is 0 Å². The molecule has 70 valence electrons. The molecule has 5 nitrogen and oxygen atoms in total. The summed E-state index contributed by atoms with van der Waals surface area (Å²) in [7, 11) is -3.64. The number of nitrogens with two attached hydrogens (primary N) is 1. The minimum atomic E-state index is -3.64. The van der Waals surface area contributed by atoms with Crippen LogP contribution in [0.3, 0.4) is 0 Å². The molecular weight excluding hydrogens is 234 g/mol. The third kappa shape index (κ3) is 1.38. The van der Waals surface area contributed by atoms with Gasteiger partial charge in [-0.1, -0.05) is 11.6 Å². The van der Waals surface area contributed by atoms with E-state index >= 15 is 0 Å². The number of sulfonamides is 1. The molecule has 0 spiro atoms. The third-order valence-electron chi connectivity index (χ3n) is 1.38. The molecule has 0 saturated carbocycles. The van der Waals surface area contributed by atoms with E-state index in [0.717, 1.165) is 11.3 Å². The first-order chi connectivity index (χ1) is 5.99. The van der Waals surface area contributed by atoms with Crippen LogP contribution in [0.5, 0.6) is 0 Å². The predicted octanol–water partition coefficient (Wildman–Crippen LogP) is 0.830. The number of anilines is 1. The lowest BCUT2D eigenvalue weighted by molar-refractivity contribution is 0.599. The molecule has 2 heterocycles. The van der Waals surface area contributed by atoms with Gasteiger partial charge in [-0.3, -0.25) is 0 Å². The zero-order valence-electron chi connectivity index (χ0n) is 6.11. The summed E-state index contributed by atoms with van der Waals surface area (Å²) in [5.41, 5.74) is 5.65. The van der Waals surface area contributed by atoms with Gasteiger partial charge in [-0.05, 0) is 6.07 Å². The lowest BCUT2D eigenvalue weighted by Gasteiger charge is -2.10. The van der Waals surface area contributed by atoms with Gasteiger partial charge in [0.05, 0.1) is 10.0 Å². The fourth-order valence-electron chi connectivity index (χ4n) is 0.956. The van der Waals surface area contributed by atoms with Gasteiger partial charge in [0.25, 0.3) is 10.0 Å². The second kappa shape index (κ2) is 2.60. The summed E-state index contributed by atoms with van der Waals surface area (Å²) in [4.78, 5) is 0. The summed E-state index contributed by atoms with van der Waals surface area (Å²) < 4.78 is 26.4. The highest BCUT2D eigenvalue weighted by Crippen LogP contribution is 2.37. The molecule has 0 aliphatic carbocycles. The van der Waals surface area contributed by atoms with Crippen molar-refractivity contribution in [3.63, 3.8) is 0 Å². The number of nitrogens with one attached hydrogen (secondary N) is 1. The van der Waals surface area contributed by atoms with E-state index in [9.17, 15) is 8.42 Å². The maximum Gasteiger partial charge on any atom is 0.297 e. The Labute approximate surface area is 83.3 Å². The summed E-state index contributed by atoms with van der Waals surface area (Å²) >= 11 is 6.60. The number of fused-ring (bicyclic) bond motifs is 1. The van der Waals surface area contributed by atoms with Crippen molar-refractivity contribution in [2.45, 2.75) is 4.21 Å². The highest BCUT2D eigenvalue weighted by molar-refractivity contribution is 7.92. The van der Waals surface area contributed by atoms with Crippen molar-refractivity contribution in [3.8, 4) is 0 Å². The van der Waals surface area contributed by atoms with Crippen molar-refractivity contribution in [2.24, 2.45) is 10.1 Å². The van der Waals surface area contributed by atoms with Gasteiger partial charge in [-0.2, -0.15) is 8.42 Å². The number of guanidine groups is 1. The van der Waals surface area contributed by atoms with Crippen molar-refractivity contribution < 1.29 is 8.42 Å². The van der Waals surface area contributed by atoms with E-state index in [1.54, 1.807) is 0 Å². The first-order valence-electron chi connectivity index (χ1n) is 3.16. The highest BCUT2D eigenvalue weighted by atomic mass is 35.5. The lowest BCUT2D eigenvalue weighted by Crippen LogP contribution is -2.27. The normalized spacial score (nSPS) is 18.7. The standard InChI is InChI=1S/C5H4ClN3O2S2/c6-3-1-2-4(12-3)13(10,11)9-5(7)8-2/h1H,(H3,7,8,9). The number of hydrogen-bond donors (Lipinski definition) is 2. The van der Waals surface area contributed by atoms with E-state index in [-0.39, 0.29) is 10.2 Å². The first-order valence-corrected chi connectivity index (χ1v) is 5.79. The van der Waals surface area contributed by atoms with Gasteiger partial charge >= 0.3 is 0 Å². The van der Waals surface area contributed by atoms with Gasteiger partial charge in [-0.15, -0.1) is 15.7 Å². The first kappa shape index (κ1) is 8.79. The van der Waals surface area contributed by atoms with Crippen molar-refractivity contribution >= 4 is 44.6 Å². The van der Waals surface area contributed by atoms with E-state index in [1.807, 2.05) is 0 Å². The predicted molar refractivity (Wildman–Crippen MR) is 51.8 cm³/mol. The molecule has 0 aromatic carbocycles. The molecular formula is C5H4ClN3O2S2. The molecule has 1 aromatic heterocycles. The van der Waals surface area contributed by atoms with Crippen LogP contribution in [0, 0.1) is 0 Å². The molecule has 0 bridgehead atoms. The molecule has 1 aliphatic heterocycles. The Morgan fingerprint density at radius 1 is 1.62 bits per heavy atom. The second-order valence-corrected chi connectivity index (χ2v) is 5.81. The quantitative estimate of drug-likeness (QED) is 0.700. The minimum Gasteiger partial charge on any atom is -0.369 e. The molecule has 0 saturated heterocycles. The molecule has 1 aliphatic rings. The Hall–Kier alpha value is -0.790. The van der Waals surface area contributed by atoms with E-state index < -0.39 is 10.0 Å². The average molecular weight is 238 g/mol. The smallest absolute Gasteiger partial charge is 0.297 e. The Kier molecular flexibility index (Phi) is 1.76. The summed E-state index contributed by atoms with van der Waals surface area (Å²) in [6.45, 7) is 0. The van der Waals surface area contributed by atoms with Crippen LogP contribution in [-0.2, 0) is 10.0 Å². The molecule has 0 atom stereocenters. The number of thiophene rings is 1. The Morgan fingerprint density at radius 2 is 2.31 bits per heavy atom. The Balaban J connectivity index is 2.71. The van der Waals surface area contributed by atoms with Crippen LogP contribution < -0.4 is 11.1 Å². The van der Waals surface area contributed by atoms with Crippen LogP contribution >= 0.6 is 22.9 Å². The van der Waals surface area contributed by atoms with Gasteiger partial charge in [0.2, 0.25) is 5.96 Å². The largest absolute Gasteiger partial charge is 0.369 e. The SMILES string of the molecule is NC1=NS(=O)(=O)c2sc(Cl)cc2N1. The van der Waals surface area contributed by atoms with E-state index in [1.165, 1.54) is 6.07 Å².